The molecule has 5 unspecified atom stereocenters. The zero-order valence-electron chi connectivity index (χ0n) is 43.6. The molecule has 0 bridgehead atoms. The van der Waals surface area contributed by atoms with Crippen LogP contribution in [-0.2, 0) is 46.3 Å². The molecule has 5 N–H and O–H groups in total. The number of phosphoric acid groups is 2. The Balaban J connectivity index is 3.94. The van der Waals surface area contributed by atoms with Crippen LogP contribution in [0, 0.1) is 0 Å². The van der Waals surface area contributed by atoms with Crippen LogP contribution in [0.1, 0.15) is 168 Å². The normalized spacial score (nSPS) is 15.7. The van der Waals surface area contributed by atoms with E-state index in [0.29, 0.717) is 12.8 Å². The van der Waals surface area contributed by atoms with E-state index in [2.05, 4.69) is 141 Å². The number of phosphoric ester groups is 2. The van der Waals surface area contributed by atoms with Crippen LogP contribution in [0.15, 0.2) is 109 Å². The molecule has 0 amide bonds. The summed E-state index contributed by atoms with van der Waals surface area (Å²) in [5.41, 5.74) is 0. The van der Waals surface area contributed by atoms with E-state index in [1.54, 1.807) is 0 Å². The van der Waals surface area contributed by atoms with Crippen LogP contribution < -0.4 is 0 Å². The second kappa shape index (κ2) is 49.9. The summed E-state index contributed by atoms with van der Waals surface area (Å²) < 4.78 is 53.1. The predicted molar refractivity (Wildman–Crippen MR) is 288 cm³/mol. The third-order valence-electron chi connectivity index (χ3n) is 10.2. The molecule has 0 spiro atoms. The Morgan fingerprint density at radius 1 is 0.375 bits per heavy atom. The quantitative estimate of drug-likeness (QED) is 0.0165. The number of carbonyl (C=O) groups is 2. The first-order valence-corrected chi connectivity index (χ1v) is 29.2. The van der Waals surface area contributed by atoms with Gasteiger partial charge in [-0.2, -0.15) is 0 Å². The molecular formula is C55H92O15P2. The van der Waals surface area contributed by atoms with Gasteiger partial charge in [0.15, 0.2) is 0 Å². The van der Waals surface area contributed by atoms with Gasteiger partial charge in [0.05, 0.1) is 26.4 Å². The first-order valence-electron chi connectivity index (χ1n) is 26.2. The summed E-state index contributed by atoms with van der Waals surface area (Å²) >= 11 is 0. The van der Waals surface area contributed by atoms with E-state index in [1.807, 2.05) is 0 Å². The molecule has 0 aliphatic rings. The molecule has 5 atom stereocenters. The minimum Gasteiger partial charge on any atom is -0.463 e. The SMILES string of the molecule is CC/C=C\C/C=C\C/C=C\C/C=C\C/C=C\C/C=C\CCCCC(=O)OCC(O)COP(=O)(O)OCC(O)COP(=O)(O)OCC(O)COC(=O)CCCCCCCC/C=C\C/C=C\C/C=C\CCCCC. The van der Waals surface area contributed by atoms with Crippen molar-refractivity contribution in [3.63, 3.8) is 0 Å². The lowest BCUT2D eigenvalue weighted by atomic mass is 10.1. The van der Waals surface area contributed by atoms with Gasteiger partial charge in [0.1, 0.15) is 31.5 Å². The van der Waals surface area contributed by atoms with E-state index in [1.165, 1.54) is 25.7 Å². The van der Waals surface area contributed by atoms with Gasteiger partial charge < -0.3 is 34.6 Å². The van der Waals surface area contributed by atoms with Crippen LogP contribution in [-0.4, -0.2) is 95.0 Å². The maximum atomic E-state index is 12.2. The lowest BCUT2D eigenvalue weighted by Gasteiger charge is -2.19. The number of esters is 2. The van der Waals surface area contributed by atoms with Gasteiger partial charge in [0.25, 0.3) is 0 Å². The van der Waals surface area contributed by atoms with E-state index in [9.17, 15) is 43.8 Å². The highest BCUT2D eigenvalue weighted by atomic mass is 31.2. The molecule has 0 saturated heterocycles. The number of hydrogen-bond donors (Lipinski definition) is 5. The summed E-state index contributed by atoms with van der Waals surface area (Å²) in [6.45, 7) is 0.195. The fourth-order valence-corrected chi connectivity index (χ4v) is 7.75. The van der Waals surface area contributed by atoms with Crippen LogP contribution >= 0.6 is 15.6 Å². The lowest BCUT2D eigenvalue weighted by Crippen LogP contribution is -2.25. The molecule has 0 radical (unpaired) electrons. The number of carbonyl (C=O) groups excluding carboxylic acids is 2. The van der Waals surface area contributed by atoms with Crippen LogP contribution in [0.2, 0.25) is 0 Å². The van der Waals surface area contributed by atoms with Crippen LogP contribution in [0.25, 0.3) is 0 Å². The molecule has 0 aromatic heterocycles. The van der Waals surface area contributed by atoms with Gasteiger partial charge in [-0.25, -0.2) is 9.13 Å². The molecule has 0 aromatic carbocycles. The summed E-state index contributed by atoms with van der Waals surface area (Å²) in [7, 11) is -9.61. The standard InChI is InChI=1S/C55H92O15P2/c1-3-5-7-9-11-13-15-17-19-21-23-24-26-28-30-32-34-36-38-40-42-44-55(60)66-46-52(57)48-68-72(63,64)70-50-53(58)49-69-71(61,62)67-47-51(56)45-65-54(59)43-41-39-37-35-33-31-29-27-25-22-20-18-16-14-12-10-8-6-4-2/h5,7,11-14,17-20,23-25,27-28,30,34,36,51-53,56-58H,3-4,6,8-10,15-16,21-22,26,29,31-33,35,37-50H2,1-2H3,(H,61,62)(H,63,64)/b7-5-,13-11-,14-12-,19-17-,20-18-,24-23-,27-25-,30-28-,36-34-. The molecule has 72 heavy (non-hydrogen) atoms. The van der Waals surface area contributed by atoms with E-state index in [4.69, 9.17) is 9.47 Å². The molecule has 15 nitrogen and oxygen atoms in total. The van der Waals surface area contributed by atoms with Crippen molar-refractivity contribution in [2.24, 2.45) is 0 Å². The summed E-state index contributed by atoms with van der Waals surface area (Å²) in [5.74, 6) is -1.06. The number of allylic oxidation sites excluding steroid dienone is 18. The fourth-order valence-electron chi connectivity index (χ4n) is 6.16. The summed E-state index contributed by atoms with van der Waals surface area (Å²) in [6.07, 6.45) is 56.4. The van der Waals surface area contributed by atoms with Gasteiger partial charge >= 0.3 is 27.6 Å². The van der Waals surface area contributed by atoms with Crippen molar-refractivity contribution < 1.29 is 71.4 Å². The van der Waals surface area contributed by atoms with Gasteiger partial charge in [0, 0.05) is 12.8 Å². The molecule has 0 aliphatic heterocycles. The van der Waals surface area contributed by atoms with Gasteiger partial charge in [-0.15, -0.1) is 0 Å². The van der Waals surface area contributed by atoms with Crippen molar-refractivity contribution >= 4 is 27.6 Å². The third kappa shape index (κ3) is 51.6. The Labute approximate surface area is 432 Å². The number of rotatable bonds is 49. The Morgan fingerprint density at radius 2 is 0.639 bits per heavy atom. The van der Waals surface area contributed by atoms with Crippen LogP contribution in [0.4, 0.5) is 0 Å². The average molecular weight is 1060 g/mol. The minimum absolute atomic E-state index is 0.135. The Hall–Kier alpha value is -3.30. The Bertz CT molecular complexity index is 1700. The first-order chi connectivity index (χ1) is 34.8. The van der Waals surface area contributed by atoms with Crippen LogP contribution in [0.5, 0.6) is 0 Å². The van der Waals surface area contributed by atoms with Crippen molar-refractivity contribution in [1.82, 2.24) is 0 Å². The van der Waals surface area contributed by atoms with Gasteiger partial charge in [-0.1, -0.05) is 162 Å². The summed E-state index contributed by atoms with van der Waals surface area (Å²) in [5, 5.41) is 30.1. The molecule has 17 heteroatoms. The topological polar surface area (TPSA) is 225 Å². The van der Waals surface area contributed by atoms with Crippen molar-refractivity contribution in [2.45, 2.75) is 186 Å². The Kier molecular flexibility index (Phi) is 47.6. The maximum absolute atomic E-state index is 12.2. The van der Waals surface area contributed by atoms with E-state index >= 15 is 0 Å². The second-order valence-electron chi connectivity index (χ2n) is 17.2. The predicted octanol–water partition coefficient (Wildman–Crippen LogP) is 12.8. The monoisotopic (exact) mass is 1050 g/mol. The Morgan fingerprint density at radius 3 is 0.986 bits per heavy atom. The molecule has 0 heterocycles. The molecular weight excluding hydrogens is 963 g/mol. The van der Waals surface area contributed by atoms with E-state index in [-0.39, 0.29) is 12.8 Å². The smallest absolute Gasteiger partial charge is 0.463 e. The van der Waals surface area contributed by atoms with Crippen molar-refractivity contribution in [3.05, 3.63) is 109 Å². The molecule has 0 aromatic rings. The molecule has 412 valence electrons. The summed E-state index contributed by atoms with van der Waals surface area (Å²) in [6, 6.07) is 0. The lowest BCUT2D eigenvalue weighted by molar-refractivity contribution is -0.148. The van der Waals surface area contributed by atoms with Gasteiger partial charge in [-0.05, 0) is 103 Å². The average Bonchev–Trinajstić information content (AvgIpc) is 3.36. The van der Waals surface area contributed by atoms with Gasteiger partial charge in [0.2, 0.25) is 0 Å². The van der Waals surface area contributed by atoms with Gasteiger partial charge in [-0.3, -0.25) is 27.7 Å². The third-order valence-corrected chi connectivity index (χ3v) is 12.1. The maximum Gasteiger partial charge on any atom is 0.472 e. The zero-order chi connectivity index (χ0) is 53.1. The number of unbranched alkanes of at least 4 members (excludes halogenated alkanes) is 11. The number of aliphatic hydroxyl groups is 3. The largest absolute Gasteiger partial charge is 0.472 e. The molecule has 0 aliphatic carbocycles. The highest BCUT2D eigenvalue weighted by molar-refractivity contribution is 7.47. The highest BCUT2D eigenvalue weighted by Gasteiger charge is 2.28. The summed E-state index contributed by atoms with van der Waals surface area (Å²) in [4.78, 5) is 43.9. The van der Waals surface area contributed by atoms with Crippen molar-refractivity contribution in [3.8, 4) is 0 Å². The number of hydrogen-bond acceptors (Lipinski definition) is 13. The van der Waals surface area contributed by atoms with Crippen LogP contribution in [0.3, 0.4) is 0 Å². The molecule has 0 fully saturated rings. The molecule has 0 saturated carbocycles. The number of aliphatic hydroxyl groups excluding tert-OH is 3. The zero-order valence-corrected chi connectivity index (χ0v) is 45.3. The van der Waals surface area contributed by atoms with E-state index < -0.39 is 85.5 Å². The molecule has 0 rings (SSSR count). The van der Waals surface area contributed by atoms with Crippen molar-refractivity contribution in [2.75, 3.05) is 39.6 Å². The highest BCUT2D eigenvalue weighted by Crippen LogP contribution is 2.45. The number of ether oxygens (including phenoxy) is 2. The van der Waals surface area contributed by atoms with Crippen molar-refractivity contribution in [1.29, 1.82) is 0 Å². The second-order valence-corrected chi connectivity index (χ2v) is 20.1. The first kappa shape index (κ1) is 68.7. The van der Waals surface area contributed by atoms with E-state index in [0.717, 1.165) is 103 Å². The fraction of sp³-hybridized carbons (Fsp3) is 0.636. The minimum atomic E-state index is -4.81.